The second-order valence-corrected chi connectivity index (χ2v) is 5.56. The number of nitrogens with zero attached hydrogens (tertiary/aromatic N) is 2. The monoisotopic (exact) mass is 257 g/mol. The fourth-order valence-corrected chi connectivity index (χ4v) is 2.71. The Morgan fingerprint density at radius 3 is 2.79 bits per heavy atom. The molecule has 19 heavy (non-hydrogen) atoms. The Kier molecular flexibility index (Phi) is 4.81. The first-order chi connectivity index (χ1) is 9.20. The molecule has 102 valence electrons. The third-order valence-corrected chi connectivity index (χ3v) is 3.90. The summed E-state index contributed by atoms with van der Waals surface area (Å²) in [4.78, 5) is 2.54. The van der Waals surface area contributed by atoms with Crippen molar-refractivity contribution >= 4 is 5.69 Å². The maximum absolute atomic E-state index is 9.12. The van der Waals surface area contributed by atoms with Crippen LogP contribution in [0.1, 0.15) is 38.7 Å². The van der Waals surface area contributed by atoms with Crippen LogP contribution in [0.4, 0.5) is 5.69 Å². The lowest BCUT2D eigenvalue weighted by atomic mass is 10.1. The molecule has 3 nitrogen and oxygen atoms in total. The number of anilines is 1. The zero-order chi connectivity index (χ0) is 13.7. The molecule has 1 aromatic carbocycles. The highest BCUT2D eigenvalue weighted by atomic mass is 15.1. The highest BCUT2D eigenvalue weighted by Gasteiger charge is 2.18. The molecule has 1 aliphatic heterocycles. The van der Waals surface area contributed by atoms with Crippen LogP contribution < -0.4 is 5.32 Å². The average Bonchev–Trinajstić information content (AvgIpc) is 2.65. The lowest BCUT2D eigenvalue weighted by Crippen LogP contribution is -2.32. The summed E-state index contributed by atoms with van der Waals surface area (Å²) in [6.07, 6.45) is 3.56. The molecule has 1 unspecified atom stereocenters. The van der Waals surface area contributed by atoms with E-state index in [9.17, 15) is 0 Å². The molecule has 0 saturated carbocycles. The maximum atomic E-state index is 9.12. The van der Waals surface area contributed by atoms with E-state index in [4.69, 9.17) is 5.26 Å². The summed E-state index contributed by atoms with van der Waals surface area (Å²) in [6.45, 7) is 6.86. The van der Waals surface area contributed by atoms with Gasteiger partial charge in [-0.2, -0.15) is 5.26 Å². The normalized spacial score (nSPS) is 20.8. The van der Waals surface area contributed by atoms with Crippen molar-refractivity contribution in [3.8, 4) is 6.07 Å². The van der Waals surface area contributed by atoms with Gasteiger partial charge >= 0.3 is 0 Å². The van der Waals surface area contributed by atoms with Crippen LogP contribution in [0.2, 0.25) is 0 Å². The van der Waals surface area contributed by atoms with Crippen molar-refractivity contribution in [2.75, 3.05) is 18.4 Å². The summed E-state index contributed by atoms with van der Waals surface area (Å²) in [7, 11) is 0. The number of likely N-dealkylation sites (tertiary alicyclic amines) is 1. The molecule has 1 atom stereocenters. The van der Waals surface area contributed by atoms with Gasteiger partial charge in [0.05, 0.1) is 11.3 Å². The number of nitrogens with one attached hydrogen (secondary N) is 1. The van der Waals surface area contributed by atoms with Crippen LogP contribution in [-0.2, 0) is 0 Å². The molecule has 0 aliphatic carbocycles. The van der Waals surface area contributed by atoms with Crippen LogP contribution in [-0.4, -0.2) is 30.1 Å². The first-order valence-electron chi connectivity index (χ1n) is 7.20. The van der Waals surface area contributed by atoms with Gasteiger partial charge in [-0.1, -0.05) is 12.1 Å². The molecular formula is C16H23N3. The first-order valence-corrected chi connectivity index (χ1v) is 7.20. The molecule has 0 spiro atoms. The molecule has 0 bridgehead atoms. The predicted molar refractivity (Wildman–Crippen MR) is 79.1 cm³/mol. The fourth-order valence-electron chi connectivity index (χ4n) is 2.71. The zero-order valence-electron chi connectivity index (χ0n) is 11.9. The summed E-state index contributed by atoms with van der Waals surface area (Å²) < 4.78 is 0. The summed E-state index contributed by atoms with van der Waals surface area (Å²) in [5, 5.41) is 12.7. The zero-order valence-corrected chi connectivity index (χ0v) is 11.9. The molecule has 3 heteroatoms. The van der Waals surface area contributed by atoms with Crippen molar-refractivity contribution in [3.05, 3.63) is 29.8 Å². The Morgan fingerprint density at radius 2 is 2.05 bits per heavy atom. The molecule has 0 radical (unpaired) electrons. The molecule has 1 aromatic rings. The van der Waals surface area contributed by atoms with Crippen LogP contribution in [0.15, 0.2) is 24.3 Å². The largest absolute Gasteiger partial charge is 0.381 e. The number of para-hydroxylation sites is 1. The van der Waals surface area contributed by atoms with Gasteiger partial charge in [-0.3, -0.25) is 0 Å². The number of benzene rings is 1. The molecule has 1 saturated heterocycles. The van der Waals surface area contributed by atoms with Crippen LogP contribution >= 0.6 is 0 Å². The van der Waals surface area contributed by atoms with Crippen LogP contribution in [0, 0.1) is 11.3 Å². The minimum atomic E-state index is 0.484. The number of hydrogen-bond acceptors (Lipinski definition) is 3. The van der Waals surface area contributed by atoms with E-state index in [1.54, 1.807) is 0 Å². The van der Waals surface area contributed by atoms with E-state index in [2.05, 4.69) is 30.1 Å². The molecule has 1 N–H and O–H groups in total. The van der Waals surface area contributed by atoms with Crippen molar-refractivity contribution in [2.45, 2.75) is 45.2 Å². The SMILES string of the molecule is CC(C)N1CCCC(Nc2ccccc2C#N)CC1. The molecule has 2 rings (SSSR count). The minimum absolute atomic E-state index is 0.484. The summed E-state index contributed by atoms with van der Waals surface area (Å²) in [5.41, 5.74) is 1.72. The van der Waals surface area contributed by atoms with E-state index >= 15 is 0 Å². The van der Waals surface area contributed by atoms with Crippen LogP contribution in [0.3, 0.4) is 0 Å². The van der Waals surface area contributed by atoms with Gasteiger partial charge in [-0.05, 0) is 51.8 Å². The second kappa shape index (κ2) is 6.58. The molecular weight excluding hydrogens is 234 g/mol. The standard InChI is InChI=1S/C16H23N3/c1-13(2)19-10-5-7-15(9-11-19)18-16-8-4-3-6-14(16)12-17/h3-4,6,8,13,15,18H,5,7,9-11H2,1-2H3. The van der Waals surface area contributed by atoms with Crippen molar-refractivity contribution in [2.24, 2.45) is 0 Å². The highest BCUT2D eigenvalue weighted by molar-refractivity contribution is 5.57. The summed E-state index contributed by atoms with van der Waals surface area (Å²) >= 11 is 0. The second-order valence-electron chi connectivity index (χ2n) is 5.56. The van der Waals surface area contributed by atoms with Crippen LogP contribution in [0.25, 0.3) is 0 Å². The molecule has 1 aliphatic rings. The maximum Gasteiger partial charge on any atom is 0.101 e. The number of rotatable bonds is 3. The Labute approximate surface area is 116 Å². The van der Waals surface area contributed by atoms with Gasteiger partial charge in [0, 0.05) is 18.6 Å². The quantitative estimate of drug-likeness (QED) is 0.903. The Balaban J connectivity index is 1.98. The molecule has 1 heterocycles. The van der Waals surface area contributed by atoms with E-state index in [-0.39, 0.29) is 0 Å². The predicted octanol–water partition coefficient (Wildman–Crippen LogP) is 3.23. The summed E-state index contributed by atoms with van der Waals surface area (Å²) in [6, 6.07) is 11.1. The third kappa shape index (κ3) is 3.71. The van der Waals surface area contributed by atoms with Crippen molar-refractivity contribution in [1.82, 2.24) is 4.90 Å². The minimum Gasteiger partial charge on any atom is -0.381 e. The first kappa shape index (κ1) is 13.9. The Morgan fingerprint density at radius 1 is 1.26 bits per heavy atom. The van der Waals surface area contributed by atoms with E-state index < -0.39 is 0 Å². The Hall–Kier alpha value is -1.53. The summed E-state index contributed by atoms with van der Waals surface area (Å²) in [5.74, 6) is 0. The third-order valence-electron chi connectivity index (χ3n) is 3.90. The van der Waals surface area contributed by atoms with Gasteiger partial charge in [0.1, 0.15) is 6.07 Å². The van der Waals surface area contributed by atoms with Gasteiger partial charge in [-0.15, -0.1) is 0 Å². The van der Waals surface area contributed by atoms with E-state index in [1.807, 2.05) is 24.3 Å². The highest BCUT2D eigenvalue weighted by Crippen LogP contribution is 2.20. The lowest BCUT2D eigenvalue weighted by Gasteiger charge is -2.24. The van der Waals surface area contributed by atoms with Gasteiger partial charge in [0.2, 0.25) is 0 Å². The fraction of sp³-hybridized carbons (Fsp3) is 0.562. The molecule has 1 fully saturated rings. The van der Waals surface area contributed by atoms with Gasteiger partial charge < -0.3 is 10.2 Å². The van der Waals surface area contributed by atoms with E-state index in [0.717, 1.165) is 24.2 Å². The van der Waals surface area contributed by atoms with Gasteiger partial charge in [-0.25, -0.2) is 0 Å². The van der Waals surface area contributed by atoms with E-state index in [1.165, 1.54) is 19.4 Å². The lowest BCUT2D eigenvalue weighted by molar-refractivity contribution is 0.230. The Bertz CT molecular complexity index is 448. The van der Waals surface area contributed by atoms with Crippen molar-refractivity contribution < 1.29 is 0 Å². The van der Waals surface area contributed by atoms with E-state index in [0.29, 0.717) is 12.1 Å². The number of nitriles is 1. The van der Waals surface area contributed by atoms with Gasteiger partial charge in [0.15, 0.2) is 0 Å². The van der Waals surface area contributed by atoms with Gasteiger partial charge in [0.25, 0.3) is 0 Å². The molecule has 0 aromatic heterocycles. The number of hydrogen-bond donors (Lipinski definition) is 1. The average molecular weight is 257 g/mol. The smallest absolute Gasteiger partial charge is 0.101 e. The van der Waals surface area contributed by atoms with Crippen molar-refractivity contribution in [3.63, 3.8) is 0 Å². The topological polar surface area (TPSA) is 39.1 Å². The van der Waals surface area contributed by atoms with Crippen molar-refractivity contribution in [1.29, 1.82) is 5.26 Å². The molecule has 0 amide bonds. The van der Waals surface area contributed by atoms with Crippen LogP contribution in [0.5, 0.6) is 0 Å².